The molecule has 2 unspecified atom stereocenters. The first-order chi connectivity index (χ1) is 27.2. The molecule has 0 fully saturated rings. The molecule has 0 spiro atoms. The fourth-order valence-corrected chi connectivity index (χ4v) is 10.0. The van der Waals surface area contributed by atoms with Crippen LogP contribution in [-0.4, -0.2) is 29.4 Å². The van der Waals surface area contributed by atoms with Gasteiger partial charge in [0.1, 0.15) is 5.75 Å². The average Bonchev–Trinajstić information content (AvgIpc) is 3.79. The molecule has 10 rings (SSSR count). The van der Waals surface area contributed by atoms with Gasteiger partial charge in [-0.05, 0) is 106 Å². The molecule has 1 aliphatic heterocycles. The molecule has 0 saturated heterocycles. The van der Waals surface area contributed by atoms with Gasteiger partial charge >= 0.3 is 0 Å². The molecule has 1 aliphatic carbocycles. The third-order valence-corrected chi connectivity index (χ3v) is 12.6. The van der Waals surface area contributed by atoms with Crippen LogP contribution in [0.15, 0.2) is 167 Å². The number of rotatable bonds is 8. The summed E-state index contributed by atoms with van der Waals surface area (Å²) in [4.78, 5) is 11.3. The van der Waals surface area contributed by atoms with Gasteiger partial charge in [-0.1, -0.05) is 115 Å². The predicted octanol–water partition coefficient (Wildman–Crippen LogP) is 12.5. The molecule has 55 heavy (non-hydrogen) atoms. The highest BCUT2D eigenvalue weighted by atomic mass is 32.2. The predicted molar refractivity (Wildman–Crippen MR) is 233 cm³/mol. The first-order valence-electron chi connectivity index (χ1n) is 18.9. The van der Waals surface area contributed by atoms with Crippen molar-refractivity contribution in [3.63, 3.8) is 0 Å². The minimum atomic E-state index is -0.0498. The number of thioether (sulfide) groups is 1. The van der Waals surface area contributed by atoms with Crippen LogP contribution in [-0.2, 0) is 13.0 Å². The highest BCUT2D eigenvalue weighted by Crippen LogP contribution is 2.48. The second kappa shape index (κ2) is 13.9. The van der Waals surface area contributed by atoms with E-state index in [1.165, 1.54) is 59.7 Å². The van der Waals surface area contributed by atoms with Crippen LogP contribution in [0.3, 0.4) is 0 Å². The summed E-state index contributed by atoms with van der Waals surface area (Å²) in [5.74, 6) is 0.839. The number of ether oxygens (including phenoxy) is 1. The summed E-state index contributed by atoms with van der Waals surface area (Å²) >= 11 is 1.86. The van der Waals surface area contributed by atoms with Crippen molar-refractivity contribution in [3.8, 4) is 22.6 Å². The Balaban J connectivity index is 1.02. The minimum absolute atomic E-state index is 0.0498. The Morgan fingerprint density at radius 2 is 1.62 bits per heavy atom. The highest BCUT2D eigenvalue weighted by molar-refractivity contribution is 8.01. The number of para-hydroxylation sites is 1. The molecule has 0 saturated carbocycles. The van der Waals surface area contributed by atoms with Crippen LogP contribution in [0.5, 0.6) is 5.75 Å². The summed E-state index contributed by atoms with van der Waals surface area (Å²) in [6.07, 6.45) is 6.62. The Hall–Kier alpha value is -6.17. The van der Waals surface area contributed by atoms with Gasteiger partial charge < -0.3 is 9.30 Å². The molecule has 266 valence electrons. The molecule has 0 N–H and O–H groups in total. The van der Waals surface area contributed by atoms with Crippen molar-refractivity contribution in [3.05, 3.63) is 179 Å². The van der Waals surface area contributed by atoms with Gasteiger partial charge in [0.05, 0.1) is 41.7 Å². The maximum atomic E-state index is 5.96. The number of hydrogen-bond donors (Lipinski definition) is 0. The number of aliphatic imine (C=N–C) groups is 2. The van der Waals surface area contributed by atoms with Crippen LogP contribution in [0.25, 0.3) is 55.5 Å². The van der Waals surface area contributed by atoms with Crippen LogP contribution >= 0.6 is 11.8 Å². The van der Waals surface area contributed by atoms with Crippen LogP contribution in [0.1, 0.15) is 40.3 Å². The van der Waals surface area contributed by atoms with Crippen molar-refractivity contribution in [1.29, 1.82) is 0 Å². The largest absolute Gasteiger partial charge is 0.496 e. The Bertz CT molecular complexity index is 2850. The van der Waals surface area contributed by atoms with Gasteiger partial charge in [0, 0.05) is 26.9 Å². The lowest BCUT2D eigenvalue weighted by atomic mass is 9.91. The standard InChI is InChI=1S/C50H39N3OS/c1-51-49-41-16-8-10-18-46(41)55-50(49)48(37-24-23-33-11-3-4-13-36(33)29-37)52-31-32-19-21-35(22-20-32)42-30-38(26-28-45(42)54-2)53-43-17-9-7-15-40(43)47-39-14-6-5-12-34(39)25-27-44(47)53/h3,5-12,14-30,49-50H,1,4,13,31H2,2H3. The van der Waals surface area contributed by atoms with Crippen molar-refractivity contribution < 1.29 is 4.74 Å². The lowest BCUT2D eigenvalue weighted by Gasteiger charge is -2.20. The average molecular weight is 730 g/mol. The third-order valence-electron chi connectivity index (χ3n) is 11.3. The van der Waals surface area contributed by atoms with Gasteiger partial charge in [-0.3, -0.25) is 9.98 Å². The lowest BCUT2D eigenvalue weighted by Crippen LogP contribution is -2.22. The third kappa shape index (κ3) is 5.78. The lowest BCUT2D eigenvalue weighted by molar-refractivity contribution is 0.416. The normalized spacial score (nSPS) is 16.4. The number of allylic oxidation sites excluding steroid dienone is 1. The van der Waals surface area contributed by atoms with Crippen molar-refractivity contribution >= 4 is 62.8 Å². The van der Waals surface area contributed by atoms with Crippen molar-refractivity contribution in [2.75, 3.05) is 7.11 Å². The molecule has 2 aliphatic rings. The fourth-order valence-electron chi connectivity index (χ4n) is 8.58. The van der Waals surface area contributed by atoms with E-state index < -0.39 is 0 Å². The second-order valence-corrected chi connectivity index (χ2v) is 15.6. The number of benzene rings is 7. The van der Waals surface area contributed by atoms with E-state index in [0.29, 0.717) is 6.54 Å². The molecular weight excluding hydrogens is 691 g/mol. The Morgan fingerprint density at radius 1 is 0.800 bits per heavy atom. The molecule has 5 heteroatoms. The van der Waals surface area contributed by atoms with Crippen LogP contribution < -0.4 is 4.74 Å². The number of hydrogen-bond acceptors (Lipinski definition) is 4. The molecule has 0 amide bonds. The van der Waals surface area contributed by atoms with Crippen LogP contribution in [0, 0.1) is 0 Å². The van der Waals surface area contributed by atoms with Gasteiger partial charge in [-0.2, -0.15) is 0 Å². The summed E-state index contributed by atoms with van der Waals surface area (Å²) in [6.45, 7) is 4.60. The summed E-state index contributed by atoms with van der Waals surface area (Å²) in [7, 11) is 1.75. The first kappa shape index (κ1) is 33.4. The fraction of sp³-hybridized carbons (Fsp3) is 0.120. The van der Waals surface area contributed by atoms with E-state index in [9.17, 15) is 0 Å². The minimum Gasteiger partial charge on any atom is -0.496 e. The molecule has 4 nitrogen and oxygen atoms in total. The molecule has 2 atom stereocenters. The topological polar surface area (TPSA) is 38.9 Å². The number of fused-ring (bicyclic) bond motifs is 7. The molecule has 0 bridgehead atoms. The van der Waals surface area contributed by atoms with E-state index in [2.05, 4.69) is 174 Å². The Kier molecular flexibility index (Phi) is 8.45. The van der Waals surface area contributed by atoms with E-state index in [1.807, 2.05) is 11.8 Å². The van der Waals surface area contributed by atoms with E-state index >= 15 is 0 Å². The maximum absolute atomic E-state index is 5.96. The molecule has 7 aromatic carbocycles. The van der Waals surface area contributed by atoms with E-state index in [1.54, 1.807) is 7.11 Å². The van der Waals surface area contributed by atoms with Crippen LogP contribution in [0.4, 0.5) is 0 Å². The maximum Gasteiger partial charge on any atom is 0.126 e. The SMILES string of the molecule is C=NC1c2ccccc2SC1C(=NCc1ccc(-c2cc(-n3c4ccccc4c4c5ccccc5ccc43)ccc2OC)cc1)c1ccc2c(c1)CCC=C2. The monoisotopic (exact) mass is 729 g/mol. The number of methoxy groups -OCH3 is 1. The molecule has 2 heterocycles. The van der Waals surface area contributed by atoms with Crippen LogP contribution in [0.2, 0.25) is 0 Å². The Labute approximate surface area is 325 Å². The summed E-state index contributed by atoms with van der Waals surface area (Å²) in [5.41, 5.74) is 12.9. The summed E-state index contributed by atoms with van der Waals surface area (Å²) in [6, 6.07) is 52.5. The summed E-state index contributed by atoms with van der Waals surface area (Å²) < 4.78 is 8.34. The van der Waals surface area contributed by atoms with Crippen molar-refractivity contribution in [2.24, 2.45) is 9.98 Å². The summed E-state index contributed by atoms with van der Waals surface area (Å²) in [5, 5.41) is 5.09. The van der Waals surface area contributed by atoms with Gasteiger partial charge in [0.2, 0.25) is 0 Å². The van der Waals surface area contributed by atoms with E-state index in [0.717, 1.165) is 46.7 Å². The van der Waals surface area contributed by atoms with Gasteiger partial charge in [0.15, 0.2) is 0 Å². The number of aryl methyl sites for hydroxylation is 1. The smallest absolute Gasteiger partial charge is 0.126 e. The molecule has 0 radical (unpaired) electrons. The van der Waals surface area contributed by atoms with Gasteiger partial charge in [-0.15, -0.1) is 11.8 Å². The molecule has 1 aromatic heterocycles. The zero-order chi connectivity index (χ0) is 36.9. The van der Waals surface area contributed by atoms with E-state index in [-0.39, 0.29) is 11.3 Å². The van der Waals surface area contributed by atoms with Crippen molar-refractivity contribution in [2.45, 2.75) is 35.6 Å². The Morgan fingerprint density at radius 3 is 2.49 bits per heavy atom. The second-order valence-electron chi connectivity index (χ2n) is 14.4. The van der Waals surface area contributed by atoms with E-state index in [4.69, 9.17) is 9.73 Å². The number of nitrogens with zero attached hydrogens (tertiary/aromatic N) is 3. The van der Waals surface area contributed by atoms with Gasteiger partial charge in [-0.25, -0.2) is 0 Å². The molecule has 8 aromatic rings. The highest BCUT2D eigenvalue weighted by Gasteiger charge is 2.36. The zero-order valence-electron chi connectivity index (χ0n) is 30.7. The quantitative estimate of drug-likeness (QED) is 0.146. The van der Waals surface area contributed by atoms with Gasteiger partial charge in [0.25, 0.3) is 0 Å². The zero-order valence-corrected chi connectivity index (χ0v) is 31.5. The van der Waals surface area contributed by atoms with Crippen molar-refractivity contribution in [1.82, 2.24) is 4.57 Å². The number of aromatic nitrogens is 1. The molecular formula is C50H39N3OS. The first-order valence-corrected chi connectivity index (χ1v) is 19.8.